The Hall–Kier alpha value is -2.21. The first kappa shape index (κ1) is 17.2. The third kappa shape index (κ3) is 2.92. The summed E-state index contributed by atoms with van der Waals surface area (Å²) >= 11 is 0. The molecule has 2 N–H and O–H groups in total. The van der Waals surface area contributed by atoms with Gasteiger partial charge in [-0.1, -0.05) is 12.1 Å². The molecule has 5 nitrogen and oxygen atoms in total. The molecule has 0 radical (unpaired) electrons. The summed E-state index contributed by atoms with van der Waals surface area (Å²) in [5.41, 5.74) is 4.45. The van der Waals surface area contributed by atoms with E-state index in [1.165, 1.54) is 16.6 Å². The average Bonchev–Trinajstić information content (AvgIpc) is 2.94. The Morgan fingerprint density at radius 3 is 2.85 bits per heavy atom. The normalized spacial score (nSPS) is 17.2. The first-order valence-electron chi connectivity index (χ1n) is 9.05. The number of pyridine rings is 1. The Morgan fingerprint density at radius 1 is 1.27 bits per heavy atom. The van der Waals surface area contributed by atoms with E-state index in [4.69, 9.17) is 0 Å². The van der Waals surface area contributed by atoms with Crippen LogP contribution in [0, 0.1) is 0 Å². The van der Waals surface area contributed by atoms with E-state index in [1.807, 2.05) is 25.1 Å². The van der Waals surface area contributed by atoms with Gasteiger partial charge < -0.3 is 19.7 Å². The lowest BCUT2D eigenvalue weighted by Crippen LogP contribution is -2.31. The van der Waals surface area contributed by atoms with Gasteiger partial charge in [0.05, 0.1) is 13.2 Å². The fourth-order valence-corrected chi connectivity index (χ4v) is 3.99. The maximum atomic E-state index is 11.2. The summed E-state index contributed by atoms with van der Waals surface area (Å²) in [6.07, 6.45) is 4.41. The molecule has 1 atom stereocenters. The van der Waals surface area contributed by atoms with Crippen LogP contribution in [0.15, 0.2) is 42.7 Å². The Bertz CT molecular complexity index is 931. The van der Waals surface area contributed by atoms with Crippen LogP contribution in [0.3, 0.4) is 0 Å². The Labute approximate surface area is 153 Å². The molecule has 1 aliphatic rings. The first-order chi connectivity index (χ1) is 12.5. The van der Waals surface area contributed by atoms with Gasteiger partial charge in [0.25, 0.3) is 0 Å². The average molecular weight is 351 g/mol. The van der Waals surface area contributed by atoms with E-state index >= 15 is 0 Å². The van der Waals surface area contributed by atoms with Gasteiger partial charge in [-0.05, 0) is 43.3 Å². The zero-order valence-corrected chi connectivity index (χ0v) is 15.3. The number of hydrogen-bond donors (Lipinski definition) is 2. The predicted molar refractivity (Wildman–Crippen MR) is 102 cm³/mol. The molecule has 2 aromatic heterocycles. The lowest BCUT2D eigenvalue weighted by atomic mass is 9.97. The van der Waals surface area contributed by atoms with Crippen LogP contribution in [0.2, 0.25) is 0 Å². The van der Waals surface area contributed by atoms with Crippen LogP contribution in [0.1, 0.15) is 29.3 Å². The fraction of sp³-hybridized carbons (Fsp3) is 0.381. The molecule has 3 aromatic rings. The predicted octanol–water partition coefficient (Wildman–Crippen LogP) is 2.42. The zero-order chi connectivity index (χ0) is 18.3. The topological polar surface area (TPSA) is 61.5 Å². The van der Waals surface area contributed by atoms with Gasteiger partial charge in [0.1, 0.15) is 5.60 Å². The number of likely N-dealkylation sites (N-methyl/N-ethyl adjacent to an activating group) is 1. The summed E-state index contributed by atoms with van der Waals surface area (Å²) in [5, 5.41) is 21.9. The van der Waals surface area contributed by atoms with Gasteiger partial charge in [-0.25, -0.2) is 0 Å². The van der Waals surface area contributed by atoms with E-state index in [-0.39, 0.29) is 6.61 Å². The largest absolute Gasteiger partial charge is 0.392 e. The van der Waals surface area contributed by atoms with Gasteiger partial charge in [-0.15, -0.1) is 0 Å². The Kier molecular flexibility index (Phi) is 4.31. The van der Waals surface area contributed by atoms with Gasteiger partial charge in [0, 0.05) is 54.1 Å². The van der Waals surface area contributed by atoms with Gasteiger partial charge in [-0.3, -0.25) is 4.98 Å². The number of aliphatic hydroxyl groups excluding tert-OH is 1. The number of rotatable bonds is 4. The molecule has 0 saturated carbocycles. The van der Waals surface area contributed by atoms with E-state index in [0.29, 0.717) is 6.54 Å². The van der Waals surface area contributed by atoms with Crippen molar-refractivity contribution in [3.63, 3.8) is 0 Å². The van der Waals surface area contributed by atoms with Crippen molar-refractivity contribution in [3.8, 4) is 0 Å². The van der Waals surface area contributed by atoms with Crippen LogP contribution in [0.4, 0.5) is 0 Å². The van der Waals surface area contributed by atoms with E-state index in [1.54, 1.807) is 12.4 Å². The second-order valence-electron chi connectivity index (χ2n) is 7.52. The van der Waals surface area contributed by atoms with Gasteiger partial charge >= 0.3 is 0 Å². The minimum absolute atomic E-state index is 0.0408. The van der Waals surface area contributed by atoms with Gasteiger partial charge in [0.15, 0.2) is 0 Å². The molecule has 1 unspecified atom stereocenters. The minimum atomic E-state index is -1.01. The zero-order valence-electron chi connectivity index (χ0n) is 15.3. The summed E-state index contributed by atoms with van der Waals surface area (Å²) in [6, 6.07) is 9.90. The van der Waals surface area contributed by atoms with Gasteiger partial charge in [-0.2, -0.15) is 0 Å². The van der Waals surface area contributed by atoms with Crippen molar-refractivity contribution >= 4 is 10.9 Å². The number of fused-ring (bicyclic) bond motifs is 3. The van der Waals surface area contributed by atoms with Crippen molar-refractivity contribution in [2.45, 2.75) is 38.6 Å². The maximum absolute atomic E-state index is 11.2. The molecule has 136 valence electrons. The third-order valence-electron chi connectivity index (χ3n) is 5.44. The van der Waals surface area contributed by atoms with Crippen molar-refractivity contribution in [1.29, 1.82) is 0 Å². The van der Waals surface area contributed by atoms with Crippen molar-refractivity contribution in [1.82, 2.24) is 14.5 Å². The number of nitrogens with zero attached hydrogens (tertiary/aromatic N) is 3. The van der Waals surface area contributed by atoms with Gasteiger partial charge in [0.2, 0.25) is 0 Å². The number of benzene rings is 1. The van der Waals surface area contributed by atoms with Crippen molar-refractivity contribution < 1.29 is 10.2 Å². The molecule has 0 fully saturated rings. The number of hydrogen-bond acceptors (Lipinski definition) is 4. The molecule has 26 heavy (non-hydrogen) atoms. The minimum Gasteiger partial charge on any atom is -0.392 e. The van der Waals surface area contributed by atoms with E-state index in [2.05, 4.69) is 33.6 Å². The highest BCUT2D eigenvalue weighted by Crippen LogP contribution is 2.34. The van der Waals surface area contributed by atoms with Crippen LogP contribution in [0.5, 0.6) is 0 Å². The molecule has 3 heterocycles. The number of aromatic nitrogens is 2. The SMILES string of the molecule is CN1CCc2c(c3cc(CO)ccc3n2CC(C)(O)c2cccnc2)C1. The highest BCUT2D eigenvalue weighted by molar-refractivity contribution is 5.86. The molecule has 5 heteroatoms. The smallest absolute Gasteiger partial charge is 0.106 e. The van der Waals surface area contributed by atoms with E-state index in [9.17, 15) is 10.2 Å². The van der Waals surface area contributed by atoms with Crippen molar-refractivity contribution in [3.05, 3.63) is 65.1 Å². The molecule has 0 amide bonds. The molecule has 1 aliphatic heterocycles. The summed E-state index contributed by atoms with van der Waals surface area (Å²) < 4.78 is 2.26. The summed E-state index contributed by atoms with van der Waals surface area (Å²) in [7, 11) is 2.13. The van der Waals surface area contributed by atoms with Crippen LogP contribution >= 0.6 is 0 Å². The van der Waals surface area contributed by atoms with Crippen LogP contribution in [0.25, 0.3) is 10.9 Å². The summed E-state index contributed by atoms with van der Waals surface area (Å²) in [5.74, 6) is 0. The lowest BCUT2D eigenvalue weighted by molar-refractivity contribution is 0.0381. The summed E-state index contributed by atoms with van der Waals surface area (Å²) in [4.78, 5) is 6.48. The van der Waals surface area contributed by atoms with Crippen LogP contribution in [-0.4, -0.2) is 38.3 Å². The lowest BCUT2D eigenvalue weighted by Gasteiger charge is -2.28. The maximum Gasteiger partial charge on any atom is 0.106 e. The molecular weight excluding hydrogens is 326 g/mol. The summed E-state index contributed by atoms with van der Waals surface area (Å²) in [6.45, 7) is 4.26. The second kappa shape index (κ2) is 6.50. The molecular formula is C21H25N3O2. The Morgan fingerprint density at radius 2 is 2.12 bits per heavy atom. The highest BCUT2D eigenvalue weighted by Gasteiger charge is 2.29. The molecule has 4 rings (SSSR count). The monoisotopic (exact) mass is 351 g/mol. The molecule has 0 saturated heterocycles. The van der Waals surface area contributed by atoms with Crippen LogP contribution < -0.4 is 0 Å². The highest BCUT2D eigenvalue weighted by atomic mass is 16.3. The third-order valence-corrected chi connectivity index (χ3v) is 5.44. The quantitative estimate of drug-likeness (QED) is 0.758. The van der Waals surface area contributed by atoms with E-state index in [0.717, 1.165) is 36.2 Å². The Balaban J connectivity index is 1.84. The van der Waals surface area contributed by atoms with Crippen molar-refractivity contribution in [2.24, 2.45) is 0 Å². The molecule has 0 aliphatic carbocycles. The number of aliphatic hydroxyl groups is 2. The van der Waals surface area contributed by atoms with E-state index < -0.39 is 5.60 Å². The molecule has 0 spiro atoms. The molecule has 0 bridgehead atoms. The van der Waals surface area contributed by atoms with Crippen LogP contribution in [-0.2, 0) is 31.7 Å². The standard InChI is InChI=1S/C21H25N3O2/c1-21(26,16-4-3-8-22-11-16)14-24-19-6-5-15(13-25)10-17(19)18-12-23(2)9-7-20(18)24/h3-6,8,10-11,25-26H,7,9,12-14H2,1-2H3. The fourth-order valence-electron chi connectivity index (χ4n) is 3.99. The second-order valence-corrected chi connectivity index (χ2v) is 7.52. The first-order valence-corrected chi connectivity index (χ1v) is 9.05. The molecule has 1 aromatic carbocycles. The van der Waals surface area contributed by atoms with Crippen molar-refractivity contribution in [2.75, 3.05) is 13.6 Å².